The van der Waals surface area contributed by atoms with E-state index in [0.29, 0.717) is 18.4 Å². The molecule has 29 heavy (non-hydrogen) atoms. The molecule has 160 valence electrons. The van der Waals surface area contributed by atoms with E-state index >= 15 is 0 Å². The molecule has 3 N–H and O–H groups in total. The fourth-order valence-electron chi connectivity index (χ4n) is 5.16. The number of nitrogen functional groups attached to an aromatic ring is 1. The van der Waals surface area contributed by atoms with Crippen molar-refractivity contribution in [1.29, 1.82) is 0 Å². The molecule has 3 rings (SSSR count). The number of unbranched alkanes of at least 4 members (excludes halogenated alkanes) is 3. The molecule has 4 heteroatoms. The zero-order chi connectivity index (χ0) is 21.4. The first-order valence-corrected chi connectivity index (χ1v) is 11.1. The van der Waals surface area contributed by atoms with Gasteiger partial charge >= 0.3 is 5.97 Å². The van der Waals surface area contributed by atoms with Gasteiger partial charge in [-0.1, -0.05) is 52.5 Å². The van der Waals surface area contributed by atoms with Crippen LogP contribution >= 0.6 is 0 Å². The molecule has 0 saturated carbocycles. The molecule has 2 atom stereocenters. The third-order valence-corrected chi connectivity index (χ3v) is 7.07. The number of ether oxygens (including phenoxy) is 1. The number of allylic oxidation sites excluding steroid dienone is 1. The highest BCUT2D eigenvalue weighted by atomic mass is 16.5. The van der Waals surface area contributed by atoms with E-state index in [2.05, 4.69) is 46.8 Å². The van der Waals surface area contributed by atoms with E-state index in [1.807, 2.05) is 6.08 Å². The molecule has 1 aliphatic heterocycles. The first kappa shape index (κ1) is 21.7. The van der Waals surface area contributed by atoms with Gasteiger partial charge in [0.05, 0.1) is 0 Å². The van der Waals surface area contributed by atoms with Crippen LogP contribution in [0, 0.1) is 5.92 Å². The zero-order valence-corrected chi connectivity index (χ0v) is 18.7. The highest BCUT2D eigenvalue weighted by Crippen LogP contribution is 2.54. The van der Waals surface area contributed by atoms with Crippen LogP contribution in [0.4, 0.5) is 5.69 Å². The van der Waals surface area contributed by atoms with Crippen LogP contribution in [0.5, 0.6) is 5.75 Å². The number of fused-ring (bicyclic) bond motifs is 3. The lowest BCUT2D eigenvalue weighted by Gasteiger charge is -2.47. The second kappa shape index (κ2) is 8.04. The summed E-state index contributed by atoms with van der Waals surface area (Å²) in [6.07, 6.45) is 9.20. The van der Waals surface area contributed by atoms with Crippen molar-refractivity contribution >= 4 is 11.7 Å². The summed E-state index contributed by atoms with van der Waals surface area (Å²) >= 11 is 0. The van der Waals surface area contributed by atoms with Crippen LogP contribution in [0.2, 0.25) is 0 Å². The molecule has 1 aliphatic carbocycles. The monoisotopic (exact) mass is 399 g/mol. The van der Waals surface area contributed by atoms with E-state index < -0.39 is 5.97 Å². The number of nitrogens with two attached hydrogens (primary N) is 1. The van der Waals surface area contributed by atoms with Crippen LogP contribution in [-0.4, -0.2) is 16.7 Å². The molecule has 1 aromatic carbocycles. The molecule has 0 unspecified atom stereocenters. The Labute approximate surface area is 175 Å². The number of benzene rings is 1. The maximum Gasteiger partial charge on any atom is 0.331 e. The van der Waals surface area contributed by atoms with E-state index in [1.54, 1.807) is 0 Å². The Morgan fingerprint density at radius 1 is 1.28 bits per heavy atom. The van der Waals surface area contributed by atoms with Crippen molar-refractivity contribution in [3.8, 4) is 5.75 Å². The van der Waals surface area contributed by atoms with Crippen LogP contribution < -0.4 is 10.5 Å². The van der Waals surface area contributed by atoms with Gasteiger partial charge in [0.25, 0.3) is 0 Å². The molecular weight excluding hydrogens is 362 g/mol. The van der Waals surface area contributed by atoms with Crippen molar-refractivity contribution in [3.05, 3.63) is 34.9 Å². The van der Waals surface area contributed by atoms with Gasteiger partial charge in [-0.15, -0.1) is 0 Å². The highest BCUT2D eigenvalue weighted by Gasteiger charge is 2.46. The smallest absolute Gasteiger partial charge is 0.331 e. The zero-order valence-electron chi connectivity index (χ0n) is 18.7. The van der Waals surface area contributed by atoms with Crippen LogP contribution in [-0.2, 0) is 10.2 Å². The first-order chi connectivity index (χ1) is 13.6. The first-order valence-electron chi connectivity index (χ1n) is 11.1. The third kappa shape index (κ3) is 4.31. The summed E-state index contributed by atoms with van der Waals surface area (Å²) in [5, 5.41) is 9.52. The van der Waals surface area contributed by atoms with Crippen LogP contribution in [0.3, 0.4) is 0 Å². The van der Waals surface area contributed by atoms with Crippen LogP contribution in [0.1, 0.15) is 96.6 Å². The minimum absolute atomic E-state index is 0.0277. The maximum atomic E-state index is 11.6. The number of carboxylic acids is 1. The minimum atomic E-state index is -0.822. The number of hydrogen-bond acceptors (Lipinski definition) is 3. The van der Waals surface area contributed by atoms with Crippen molar-refractivity contribution in [2.45, 2.75) is 96.5 Å². The summed E-state index contributed by atoms with van der Waals surface area (Å²) < 4.78 is 6.49. The van der Waals surface area contributed by atoms with E-state index in [1.165, 1.54) is 31.2 Å². The lowest BCUT2D eigenvalue weighted by atomic mass is 9.66. The van der Waals surface area contributed by atoms with E-state index in [4.69, 9.17) is 10.5 Å². The molecule has 0 bridgehead atoms. The molecule has 0 fully saturated rings. The quantitative estimate of drug-likeness (QED) is 0.423. The fourth-order valence-corrected chi connectivity index (χ4v) is 5.16. The predicted molar refractivity (Wildman–Crippen MR) is 119 cm³/mol. The van der Waals surface area contributed by atoms with Crippen molar-refractivity contribution in [3.63, 3.8) is 0 Å². The number of carbonyl (C=O) groups is 1. The maximum absolute atomic E-state index is 11.6. The summed E-state index contributed by atoms with van der Waals surface area (Å²) in [5.74, 6) is 0.345. The van der Waals surface area contributed by atoms with Gasteiger partial charge in [0.2, 0.25) is 0 Å². The topological polar surface area (TPSA) is 72.5 Å². The molecule has 0 saturated heterocycles. The summed E-state index contributed by atoms with van der Waals surface area (Å²) in [5.41, 5.74) is 9.72. The lowest BCUT2D eigenvalue weighted by molar-refractivity contribution is -0.133. The number of hydrogen-bond donors (Lipinski definition) is 2. The molecule has 0 spiro atoms. The van der Waals surface area contributed by atoms with Crippen LogP contribution in [0.25, 0.3) is 0 Å². The van der Waals surface area contributed by atoms with Crippen molar-refractivity contribution in [1.82, 2.24) is 0 Å². The van der Waals surface area contributed by atoms with Crippen molar-refractivity contribution < 1.29 is 14.6 Å². The van der Waals surface area contributed by atoms with Gasteiger partial charge in [0.15, 0.2) is 0 Å². The average Bonchev–Trinajstić information content (AvgIpc) is 2.64. The van der Waals surface area contributed by atoms with Gasteiger partial charge in [-0.05, 0) is 56.2 Å². The Bertz CT molecular complexity index is 807. The van der Waals surface area contributed by atoms with Gasteiger partial charge in [-0.2, -0.15) is 0 Å². The highest BCUT2D eigenvalue weighted by molar-refractivity contribution is 5.87. The molecule has 2 aliphatic rings. The fraction of sp³-hybridized carbons (Fsp3) is 0.640. The molecule has 0 radical (unpaired) electrons. The van der Waals surface area contributed by atoms with Gasteiger partial charge < -0.3 is 15.6 Å². The second-order valence-electron chi connectivity index (χ2n) is 10.1. The Kier molecular flexibility index (Phi) is 6.03. The molecule has 0 amide bonds. The summed E-state index contributed by atoms with van der Waals surface area (Å²) in [6, 6.07) is 4.28. The average molecular weight is 400 g/mol. The third-order valence-electron chi connectivity index (χ3n) is 7.07. The molecule has 4 nitrogen and oxygen atoms in total. The number of aliphatic carboxylic acids is 1. The number of carboxylic acid groups (broad SMARTS) is 1. The predicted octanol–water partition coefficient (Wildman–Crippen LogP) is 6.19. The van der Waals surface area contributed by atoms with Crippen LogP contribution in [0.15, 0.2) is 23.8 Å². The Hall–Kier alpha value is -1.97. The number of anilines is 1. The van der Waals surface area contributed by atoms with Gasteiger partial charge in [0, 0.05) is 28.7 Å². The number of rotatable bonds is 7. The second-order valence-corrected chi connectivity index (χ2v) is 10.1. The minimum Gasteiger partial charge on any atom is -0.487 e. The molecule has 1 aromatic rings. The Balaban J connectivity index is 1.95. The lowest BCUT2D eigenvalue weighted by Crippen LogP contribution is -2.46. The van der Waals surface area contributed by atoms with E-state index in [9.17, 15) is 9.90 Å². The van der Waals surface area contributed by atoms with E-state index in [0.717, 1.165) is 23.4 Å². The normalized spacial score (nSPS) is 22.9. The summed E-state index contributed by atoms with van der Waals surface area (Å²) in [6.45, 7) is 11.0. The van der Waals surface area contributed by atoms with Crippen molar-refractivity contribution in [2.24, 2.45) is 5.92 Å². The Morgan fingerprint density at radius 3 is 2.66 bits per heavy atom. The summed E-state index contributed by atoms with van der Waals surface area (Å²) in [7, 11) is 0. The van der Waals surface area contributed by atoms with E-state index in [-0.39, 0.29) is 22.9 Å². The summed E-state index contributed by atoms with van der Waals surface area (Å²) in [4.78, 5) is 11.6. The standard InChI is InChI=1S/C25H37NO3/c1-6-7-8-9-12-24(2,3)17-14-20(26)22-18-13-16(23(27)28)10-11-19(18)25(4,5)29-21(22)15-17/h10,14-15,18-19H,6-9,11-13,26H2,1-5H3,(H,27,28)/t18-,19-/m1/s1. The Morgan fingerprint density at radius 2 is 2.00 bits per heavy atom. The largest absolute Gasteiger partial charge is 0.487 e. The van der Waals surface area contributed by atoms with Gasteiger partial charge in [-0.3, -0.25) is 0 Å². The van der Waals surface area contributed by atoms with Crippen molar-refractivity contribution in [2.75, 3.05) is 5.73 Å². The SMILES string of the molecule is CCCCCCC(C)(C)c1cc(N)c2c(c1)OC(C)(C)[C@@H]1CC=C(C(=O)O)C[C@@H]21. The van der Waals surface area contributed by atoms with Gasteiger partial charge in [0.1, 0.15) is 11.4 Å². The molecule has 1 heterocycles. The molecule has 0 aromatic heterocycles. The van der Waals surface area contributed by atoms with Gasteiger partial charge in [-0.25, -0.2) is 4.79 Å². The molecular formula is C25H37NO3.